The second-order valence-corrected chi connectivity index (χ2v) is 9.98. The van der Waals surface area contributed by atoms with E-state index in [0.717, 1.165) is 22.6 Å². The van der Waals surface area contributed by atoms with E-state index in [9.17, 15) is 4.39 Å². The lowest BCUT2D eigenvalue weighted by atomic mass is 10.1. The van der Waals surface area contributed by atoms with Crippen LogP contribution < -0.4 is 4.90 Å². The van der Waals surface area contributed by atoms with Crippen LogP contribution in [0, 0.1) is 19.7 Å². The second kappa shape index (κ2) is 8.53. The van der Waals surface area contributed by atoms with E-state index in [2.05, 4.69) is 23.1 Å². The minimum Gasteiger partial charge on any atom is -0.367 e. The summed E-state index contributed by atoms with van der Waals surface area (Å²) in [6, 6.07) is 7.05. The van der Waals surface area contributed by atoms with Gasteiger partial charge in [0.05, 0.1) is 41.1 Å². The number of morpholine rings is 1. The molecule has 4 aromatic rings. The molecule has 35 heavy (non-hydrogen) atoms. The Kier molecular flexibility index (Phi) is 5.45. The van der Waals surface area contributed by atoms with Gasteiger partial charge in [-0.3, -0.25) is 4.68 Å². The molecule has 0 spiro atoms. The number of rotatable bonds is 4. The summed E-state index contributed by atoms with van der Waals surface area (Å²) in [7, 11) is 0. The molecule has 7 nitrogen and oxygen atoms in total. The predicted octanol–water partition coefficient (Wildman–Crippen LogP) is 5.60. The maximum atomic E-state index is 14.9. The summed E-state index contributed by atoms with van der Waals surface area (Å²) in [4.78, 5) is 16.5. The largest absolute Gasteiger partial charge is 0.367 e. The zero-order chi connectivity index (χ0) is 24.3. The molecule has 1 saturated heterocycles. The molecule has 2 atom stereocenters. The topological polar surface area (TPSA) is 69.0 Å². The number of hydrogen-bond acceptors (Lipinski definition) is 6. The standard InChI is InChI=1S/C26H26ClFN6O/c1-14-11-33(13-24(35-14)17-10-29-34(12-17)19-5-6-19)23-9-22(20-7-4-18(27)8-21(20)28)32-26-25(23)30-15(2)16(3)31-26/h4,7-10,12,14,19,24H,5-6,11,13H2,1-3H3/t14-,24-/m1/s1. The van der Waals surface area contributed by atoms with Crippen LogP contribution in [-0.4, -0.2) is 43.9 Å². The van der Waals surface area contributed by atoms with Gasteiger partial charge in [0.2, 0.25) is 0 Å². The third-order valence-electron chi connectivity index (χ3n) is 6.75. The Labute approximate surface area is 207 Å². The lowest BCUT2D eigenvalue weighted by Gasteiger charge is -2.38. The van der Waals surface area contributed by atoms with Crippen LogP contribution in [0.3, 0.4) is 0 Å². The zero-order valence-electron chi connectivity index (χ0n) is 19.9. The van der Waals surface area contributed by atoms with Crippen molar-refractivity contribution in [1.82, 2.24) is 24.7 Å². The quantitative estimate of drug-likeness (QED) is 0.369. The number of hydrogen-bond donors (Lipinski definition) is 0. The Bertz CT molecular complexity index is 1440. The van der Waals surface area contributed by atoms with Crippen LogP contribution >= 0.6 is 11.6 Å². The van der Waals surface area contributed by atoms with Crippen molar-refractivity contribution >= 4 is 28.5 Å². The van der Waals surface area contributed by atoms with E-state index in [1.807, 2.05) is 30.8 Å². The molecule has 0 N–H and O–H groups in total. The Morgan fingerprint density at radius 1 is 1.06 bits per heavy atom. The molecule has 0 unspecified atom stereocenters. The van der Waals surface area contributed by atoms with Crippen LogP contribution in [0.5, 0.6) is 0 Å². The Balaban J connectivity index is 1.45. The molecule has 0 radical (unpaired) electrons. The van der Waals surface area contributed by atoms with Gasteiger partial charge >= 0.3 is 0 Å². The van der Waals surface area contributed by atoms with E-state index < -0.39 is 5.82 Å². The van der Waals surface area contributed by atoms with Crippen molar-refractivity contribution < 1.29 is 9.13 Å². The molecule has 1 aromatic carbocycles. The van der Waals surface area contributed by atoms with Crippen molar-refractivity contribution in [3.63, 3.8) is 0 Å². The molecule has 1 aliphatic heterocycles. The number of halogens is 2. The van der Waals surface area contributed by atoms with Crippen LogP contribution in [0.2, 0.25) is 5.02 Å². The second-order valence-electron chi connectivity index (χ2n) is 9.54. The molecule has 2 aliphatic rings. The first-order chi connectivity index (χ1) is 16.9. The van der Waals surface area contributed by atoms with Crippen molar-refractivity contribution in [3.05, 3.63) is 64.5 Å². The van der Waals surface area contributed by atoms with E-state index in [-0.39, 0.29) is 12.2 Å². The lowest BCUT2D eigenvalue weighted by molar-refractivity contribution is -0.0173. The van der Waals surface area contributed by atoms with Gasteiger partial charge < -0.3 is 9.64 Å². The lowest BCUT2D eigenvalue weighted by Crippen LogP contribution is -2.43. The van der Waals surface area contributed by atoms with E-state index >= 15 is 0 Å². The number of aromatic nitrogens is 5. The molecule has 9 heteroatoms. The minimum atomic E-state index is -0.423. The number of ether oxygens (including phenoxy) is 1. The van der Waals surface area contributed by atoms with Crippen LogP contribution in [0.25, 0.3) is 22.4 Å². The fourth-order valence-corrected chi connectivity index (χ4v) is 4.81. The molecule has 0 amide bonds. The van der Waals surface area contributed by atoms with E-state index in [1.54, 1.807) is 12.1 Å². The number of fused-ring (bicyclic) bond motifs is 1. The summed E-state index contributed by atoms with van der Waals surface area (Å²) in [5.41, 5.74) is 5.64. The molecular weight excluding hydrogens is 467 g/mol. The average Bonchev–Trinajstić information content (AvgIpc) is 3.55. The molecule has 0 bridgehead atoms. The van der Waals surface area contributed by atoms with Gasteiger partial charge in [0, 0.05) is 35.4 Å². The number of nitrogens with zero attached hydrogens (tertiary/aromatic N) is 6. The molecule has 6 rings (SSSR count). The maximum absolute atomic E-state index is 14.9. The SMILES string of the molecule is Cc1nc2nc(-c3ccc(Cl)cc3F)cc(N3C[C@@H](C)O[C@@H](c4cnn(C5CC5)c4)C3)c2nc1C. The van der Waals surface area contributed by atoms with Crippen molar-refractivity contribution in [2.75, 3.05) is 18.0 Å². The Morgan fingerprint density at radius 3 is 2.63 bits per heavy atom. The van der Waals surface area contributed by atoms with Gasteiger partial charge in [-0.1, -0.05) is 11.6 Å². The summed E-state index contributed by atoms with van der Waals surface area (Å²) in [6.07, 6.45) is 6.22. The average molecular weight is 493 g/mol. The van der Waals surface area contributed by atoms with Crippen molar-refractivity contribution in [2.24, 2.45) is 0 Å². The summed E-state index contributed by atoms with van der Waals surface area (Å²) in [5.74, 6) is -0.423. The van der Waals surface area contributed by atoms with E-state index in [0.29, 0.717) is 46.6 Å². The first-order valence-electron chi connectivity index (χ1n) is 11.9. The summed E-state index contributed by atoms with van der Waals surface area (Å²) in [6.45, 7) is 7.20. The van der Waals surface area contributed by atoms with Gasteiger partial charge in [0.15, 0.2) is 5.65 Å². The van der Waals surface area contributed by atoms with Crippen molar-refractivity contribution in [3.8, 4) is 11.3 Å². The highest BCUT2D eigenvalue weighted by Crippen LogP contribution is 2.37. The number of pyridine rings is 1. The fraction of sp³-hybridized carbons (Fsp3) is 0.385. The van der Waals surface area contributed by atoms with Gasteiger partial charge in [-0.25, -0.2) is 19.3 Å². The summed E-state index contributed by atoms with van der Waals surface area (Å²) >= 11 is 5.99. The normalized spacial score (nSPS) is 20.5. The van der Waals surface area contributed by atoms with Gasteiger partial charge in [0.25, 0.3) is 0 Å². The smallest absolute Gasteiger partial charge is 0.181 e. The van der Waals surface area contributed by atoms with E-state index in [1.165, 1.54) is 18.9 Å². The molecule has 3 aromatic heterocycles. The molecular formula is C26H26ClFN6O. The third-order valence-corrected chi connectivity index (χ3v) is 6.99. The van der Waals surface area contributed by atoms with Gasteiger partial charge in [-0.15, -0.1) is 0 Å². The fourth-order valence-electron chi connectivity index (χ4n) is 4.65. The van der Waals surface area contributed by atoms with Crippen LogP contribution in [0.4, 0.5) is 10.1 Å². The van der Waals surface area contributed by atoms with Gasteiger partial charge in [-0.2, -0.15) is 5.10 Å². The van der Waals surface area contributed by atoms with Gasteiger partial charge in [0.1, 0.15) is 17.4 Å². The first-order valence-corrected chi connectivity index (χ1v) is 12.3. The van der Waals surface area contributed by atoms with Crippen LogP contribution in [0.15, 0.2) is 36.7 Å². The molecule has 180 valence electrons. The summed E-state index contributed by atoms with van der Waals surface area (Å²) < 4.78 is 23.2. The monoisotopic (exact) mass is 492 g/mol. The van der Waals surface area contributed by atoms with Crippen LogP contribution in [0.1, 0.15) is 48.9 Å². The highest BCUT2D eigenvalue weighted by molar-refractivity contribution is 6.30. The zero-order valence-corrected chi connectivity index (χ0v) is 20.6. The number of aryl methyl sites for hydroxylation is 2. The molecule has 2 fully saturated rings. The first kappa shape index (κ1) is 22.4. The predicted molar refractivity (Wildman–Crippen MR) is 133 cm³/mol. The van der Waals surface area contributed by atoms with E-state index in [4.69, 9.17) is 31.3 Å². The van der Waals surface area contributed by atoms with Gasteiger partial charge in [-0.05, 0) is 57.9 Å². The van der Waals surface area contributed by atoms with Crippen molar-refractivity contribution in [1.29, 1.82) is 0 Å². The Hall–Kier alpha value is -3.10. The Morgan fingerprint density at radius 2 is 1.86 bits per heavy atom. The summed E-state index contributed by atoms with van der Waals surface area (Å²) in [5, 5.41) is 4.89. The maximum Gasteiger partial charge on any atom is 0.181 e. The van der Waals surface area contributed by atoms with Crippen molar-refractivity contribution in [2.45, 2.75) is 51.9 Å². The molecule has 1 saturated carbocycles. The molecule has 1 aliphatic carbocycles. The minimum absolute atomic E-state index is 0.0172. The van der Waals surface area contributed by atoms with Crippen LogP contribution in [-0.2, 0) is 4.74 Å². The number of anilines is 1. The molecule has 4 heterocycles. The third kappa shape index (κ3) is 4.25. The number of benzene rings is 1. The highest BCUT2D eigenvalue weighted by Gasteiger charge is 2.31. The highest BCUT2D eigenvalue weighted by atomic mass is 35.5.